The highest BCUT2D eigenvalue weighted by molar-refractivity contribution is 7.71. The number of tetrazole rings is 1. The van der Waals surface area contributed by atoms with E-state index in [4.69, 9.17) is 23.8 Å². The van der Waals surface area contributed by atoms with Crippen LogP contribution in [-0.2, 0) is 13.1 Å². The van der Waals surface area contributed by atoms with Crippen LogP contribution in [-0.4, -0.2) is 31.7 Å². The molecule has 25 heavy (non-hydrogen) atoms. The first kappa shape index (κ1) is 16.4. The SMILES string of the molecule is CN(Cn1nnn(-c2ccc(Cl)cc2)c1=S)C1CCc2ccccc21. The van der Waals surface area contributed by atoms with Crippen molar-refractivity contribution in [2.45, 2.75) is 25.6 Å². The summed E-state index contributed by atoms with van der Waals surface area (Å²) in [6, 6.07) is 16.4. The van der Waals surface area contributed by atoms with Crippen molar-refractivity contribution in [1.29, 1.82) is 0 Å². The lowest BCUT2D eigenvalue weighted by Crippen LogP contribution is -2.26. The average molecular weight is 372 g/mol. The van der Waals surface area contributed by atoms with Crippen LogP contribution < -0.4 is 0 Å². The van der Waals surface area contributed by atoms with Crippen molar-refractivity contribution >= 4 is 23.8 Å². The van der Waals surface area contributed by atoms with Crippen molar-refractivity contribution in [3.8, 4) is 5.69 Å². The van der Waals surface area contributed by atoms with E-state index in [9.17, 15) is 0 Å². The van der Waals surface area contributed by atoms with E-state index < -0.39 is 0 Å². The summed E-state index contributed by atoms with van der Waals surface area (Å²) in [7, 11) is 2.11. The third-order valence-corrected chi connectivity index (χ3v) is 5.34. The molecule has 1 heterocycles. The molecule has 7 heteroatoms. The van der Waals surface area contributed by atoms with Crippen LogP contribution in [0.4, 0.5) is 0 Å². The van der Waals surface area contributed by atoms with Gasteiger partial charge in [0.05, 0.1) is 12.4 Å². The molecule has 3 aromatic rings. The Morgan fingerprint density at radius 2 is 1.92 bits per heavy atom. The first-order valence-electron chi connectivity index (χ1n) is 8.20. The van der Waals surface area contributed by atoms with E-state index in [0.29, 0.717) is 22.5 Å². The lowest BCUT2D eigenvalue weighted by Gasteiger charge is -2.24. The maximum atomic E-state index is 5.94. The Morgan fingerprint density at radius 1 is 1.16 bits per heavy atom. The maximum Gasteiger partial charge on any atom is 0.221 e. The molecule has 0 amide bonds. The zero-order valence-electron chi connectivity index (χ0n) is 13.8. The standard InChI is InChI=1S/C18H18ClN5S/c1-22(17-11-6-13-4-2-3-5-16(13)17)12-23-18(25)24(21-20-23)15-9-7-14(19)8-10-15/h2-5,7-10,17H,6,11-12H2,1H3. The average Bonchev–Trinajstić information content (AvgIpc) is 3.20. The van der Waals surface area contributed by atoms with Gasteiger partial charge in [0, 0.05) is 11.1 Å². The van der Waals surface area contributed by atoms with Crippen LogP contribution in [0.5, 0.6) is 0 Å². The minimum atomic E-state index is 0.388. The van der Waals surface area contributed by atoms with Crippen LogP contribution in [0.3, 0.4) is 0 Å². The van der Waals surface area contributed by atoms with Gasteiger partial charge < -0.3 is 0 Å². The van der Waals surface area contributed by atoms with Crippen LogP contribution in [0, 0.1) is 4.77 Å². The zero-order chi connectivity index (χ0) is 17.4. The molecule has 0 fully saturated rings. The summed E-state index contributed by atoms with van der Waals surface area (Å²) < 4.78 is 3.98. The summed E-state index contributed by atoms with van der Waals surface area (Å²) in [5.41, 5.74) is 3.70. The molecule has 2 aromatic carbocycles. The number of hydrogen-bond acceptors (Lipinski definition) is 4. The molecule has 1 aliphatic carbocycles. The second-order valence-electron chi connectivity index (χ2n) is 6.30. The van der Waals surface area contributed by atoms with Gasteiger partial charge in [-0.15, -0.1) is 0 Å². The number of hydrogen-bond donors (Lipinski definition) is 0. The quantitative estimate of drug-likeness (QED) is 0.649. The smallest absolute Gasteiger partial charge is 0.221 e. The number of aryl methyl sites for hydroxylation is 1. The second-order valence-corrected chi connectivity index (χ2v) is 7.10. The normalized spacial score (nSPS) is 16.4. The van der Waals surface area contributed by atoms with Gasteiger partial charge in [-0.25, -0.2) is 4.68 Å². The van der Waals surface area contributed by atoms with Gasteiger partial charge in [-0.3, -0.25) is 4.90 Å². The van der Waals surface area contributed by atoms with Crippen LogP contribution >= 0.6 is 23.8 Å². The molecule has 1 aliphatic rings. The molecule has 4 rings (SSSR count). The molecule has 128 valence electrons. The van der Waals surface area contributed by atoms with E-state index in [0.717, 1.165) is 18.5 Å². The molecule has 0 N–H and O–H groups in total. The number of nitrogens with zero attached hydrogens (tertiary/aromatic N) is 5. The van der Waals surface area contributed by atoms with Gasteiger partial charge in [-0.05, 0) is 77.9 Å². The summed E-state index contributed by atoms with van der Waals surface area (Å²) in [5, 5.41) is 9.11. The van der Waals surface area contributed by atoms with E-state index in [2.05, 4.69) is 46.6 Å². The van der Waals surface area contributed by atoms with Crippen molar-refractivity contribution in [2.75, 3.05) is 7.05 Å². The molecule has 0 radical (unpaired) electrons. The monoisotopic (exact) mass is 371 g/mol. The maximum absolute atomic E-state index is 5.94. The van der Waals surface area contributed by atoms with Crippen molar-refractivity contribution < 1.29 is 0 Å². The summed E-state index contributed by atoms with van der Waals surface area (Å²) in [6.45, 7) is 0.603. The van der Waals surface area contributed by atoms with Crippen LogP contribution in [0.15, 0.2) is 48.5 Å². The lowest BCUT2D eigenvalue weighted by atomic mass is 10.1. The second kappa shape index (κ2) is 6.71. The minimum Gasteiger partial charge on any atom is -0.280 e. The van der Waals surface area contributed by atoms with E-state index in [1.807, 2.05) is 24.3 Å². The molecule has 0 spiro atoms. The predicted octanol–water partition coefficient (Wildman–Crippen LogP) is 4.03. The molecular formula is C18H18ClN5S. The largest absolute Gasteiger partial charge is 0.280 e. The lowest BCUT2D eigenvalue weighted by molar-refractivity contribution is 0.180. The number of halogens is 1. The zero-order valence-corrected chi connectivity index (χ0v) is 15.4. The Balaban J connectivity index is 1.56. The van der Waals surface area contributed by atoms with Gasteiger partial charge in [-0.1, -0.05) is 35.9 Å². The van der Waals surface area contributed by atoms with Gasteiger partial charge in [0.15, 0.2) is 0 Å². The van der Waals surface area contributed by atoms with E-state index >= 15 is 0 Å². The topological polar surface area (TPSA) is 38.9 Å². The molecule has 1 unspecified atom stereocenters. The Morgan fingerprint density at radius 3 is 2.72 bits per heavy atom. The molecule has 0 saturated carbocycles. The fourth-order valence-corrected chi connectivity index (χ4v) is 3.77. The van der Waals surface area contributed by atoms with Crippen molar-refractivity contribution in [3.63, 3.8) is 0 Å². The van der Waals surface area contributed by atoms with Crippen LogP contribution in [0.1, 0.15) is 23.6 Å². The summed E-state index contributed by atoms with van der Waals surface area (Å²) in [5.74, 6) is 0. The molecular weight excluding hydrogens is 354 g/mol. The first-order chi connectivity index (χ1) is 12.1. The molecule has 0 aliphatic heterocycles. The van der Waals surface area contributed by atoms with Gasteiger partial charge in [-0.2, -0.15) is 4.68 Å². The Bertz CT molecular complexity index is 947. The van der Waals surface area contributed by atoms with Gasteiger partial charge in [0.2, 0.25) is 4.77 Å². The summed E-state index contributed by atoms with van der Waals surface area (Å²) in [4.78, 5) is 2.28. The van der Waals surface area contributed by atoms with Crippen molar-refractivity contribution in [2.24, 2.45) is 0 Å². The first-order valence-corrected chi connectivity index (χ1v) is 8.99. The fourth-order valence-electron chi connectivity index (χ4n) is 3.41. The Hall–Kier alpha value is -2.02. The van der Waals surface area contributed by atoms with Gasteiger partial charge in [0.1, 0.15) is 0 Å². The summed E-state index contributed by atoms with van der Waals surface area (Å²) in [6.07, 6.45) is 2.24. The highest BCUT2D eigenvalue weighted by Gasteiger charge is 2.26. The fraction of sp³-hybridized carbons (Fsp3) is 0.278. The Kier molecular flexibility index (Phi) is 4.41. The highest BCUT2D eigenvalue weighted by Crippen LogP contribution is 2.34. The molecule has 5 nitrogen and oxygen atoms in total. The molecule has 0 saturated heterocycles. The van der Waals surface area contributed by atoms with Gasteiger partial charge in [0.25, 0.3) is 0 Å². The number of benzene rings is 2. The van der Waals surface area contributed by atoms with Crippen LogP contribution in [0.2, 0.25) is 5.02 Å². The predicted molar refractivity (Wildman–Crippen MR) is 100 cm³/mol. The van der Waals surface area contributed by atoms with E-state index in [1.165, 1.54) is 11.1 Å². The summed E-state index contributed by atoms with van der Waals surface area (Å²) >= 11 is 11.5. The van der Waals surface area contributed by atoms with Crippen LogP contribution in [0.25, 0.3) is 5.69 Å². The Labute approximate surface area is 156 Å². The van der Waals surface area contributed by atoms with Crippen molar-refractivity contribution in [1.82, 2.24) is 24.7 Å². The molecule has 0 bridgehead atoms. The third-order valence-electron chi connectivity index (χ3n) is 4.70. The molecule has 1 atom stereocenters. The molecule has 1 aromatic heterocycles. The van der Waals surface area contributed by atoms with Gasteiger partial charge >= 0.3 is 0 Å². The number of fused-ring (bicyclic) bond motifs is 1. The highest BCUT2D eigenvalue weighted by atomic mass is 35.5. The third kappa shape index (κ3) is 3.13. The van der Waals surface area contributed by atoms with E-state index in [1.54, 1.807) is 9.36 Å². The number of rotatable bonds is 4. The number of aromatic nitrogens is 4. The van der Waals surface area contributed by atoms with E-state index in [-0.39, 0.29) is 0 Å². The minimum absolute atomic E-state index is 0.388. The van der Waals surface area contributed by atoms with Crippen molar-refractivity contribution in [3.05, 3.63) is 69.5 Å².